The average molecular weight is 253 g/mol. The number of primary amides is 1. The first kappa shape index (κ1) is 13.3. The van der Waals surface area contributed by atoms with Crippen LogP contribution in [0.5, 0.6) is 0 Å². The molecule has 5 heteroatoms. The lowest BCUT2D eigenvalue weighted by Gasteiger charge is -2.34. The highest BCUT2D eigenvalue weighted by Crippen LogP contribution is 2.28. The van der Waals surface area contributed by atoms with Crippen molar-refractivity contribution in [2.75, 3.05) is 13.1 Å². The van der Waals surface area contributed by atoms with Gasteiger partial charge in [-0.1, -0.05) is 6.42 Å². The normalized spacial score (nSPS) is 32.5. The van der Waals surface area contributed by atoms with Crippen LogP contribution in [-0.2, 0) is 9.59 Å². The van der Waals surface area contributed by atoms with E-state index in [1.54, 1.807) is 0 Å². The Labute approximate surface area is 108 Å². The topological polar surface area (TPSA) is 89.4 Å². The smallest absolute Gasteiger partial charge is 0.227 e. The Balaban J connectivity index is 1.91. The molecule has 1 saturated carbocycles. The molecule has 2 rings (SSSR count). The summed E-state index contributed by atoms with van der Waals surface area (Å²) in [6, 6.07) is 0.0222. The van der Waals surface area contributed by atoms with Crippen LogP contribution in [0.4, 0.5) is 0 Å². The van der Waals surface area contributed by atoms with Gasteiger partial charge in [0.1, 0.15) is 0 Å². The van der Waals surface area contributed by atoms with Crippen LogP contribution >= 0.6 is 0 Å². The average Bonchev–Trinajstić information content (AvgIpc) is 2.74. The molecule has 18 heavy (non-hydrogen) atoms. The molecule has 0 bridgehead atoms. The minimum atomic E-state index is -0.271. The zero-order chi connectivity index (χ0) is 13.1. The van der Waals surface area contributed by atoms with Crippen LogP contribution in [0.25, 0.3) is 0 Å². The summed E-state index contributed by atoms with van der Waals surface area (Å²) in [7, 11) is 0. The Hall–Kier alpha value is -1.10. The molecule has 0 aromatic heterocycles. The number of carbonyl (C=O) groups excluding carboxylic acids is 2. The molecule has 2 amide bonds. The predicted octanol–water partition coefficient (Wildman–Crippen LogP) is 0.228. The van der Waals surface area contributed by atoms with Gasteiger partial charge in [-0.3, -0.25) is 9.59 Å². The molecule has 2 aliphatic rings. The summed E-state index contributed by atoms with van der Waals surface area (Å²) in [6.07, 6.45) is 5.26. The maximum Gasteiger partial charge on any atom is 0.227 e. The predicted molar refractivity (Wildman–Crippen MR) is 68.4 cm³/mol. The van der Waals surface area contributed by atoms with Gasteiger partial charge < -0.3 is 16.4 Å². The van der Waals surface area contributed by atoms with Crippen LogP contribution in [0.3, 0.4) is 0 Å². The highest BCUT2D eigenvalue weighted by Gasteiger charge is 2.35. The molecule has 3 atom stereocenters. The molecule has 1 aliphatic carbocycles. The zero-order valence-electron chi connectivity index (χ0n) is 10.8. The number of rotatable bonds is 3. The van der Waals surface area contributed by atoms with Crippen LogP contribution in [0.2, 0.25) is 0 Å². The van der Waals surface area contributed by atoms with Crippen molar-refractivity contribution in [3.05, 3.63) is 0 Å². The number of piperidine rings is 1. The van der Waals surface area contributed by atoms with Crippen molar-refractivity contribution in [2.45, 2.75) is 44.6 Å². The van der Waals surface area contributed by atoms with Gasteiger partial charge in [-0.05, 0) is 31.6 Å². The lowest BCUT2D eigenvalue weighted by Crippen LogP contribution is -2.46. The molecule has 102 valence electrons. The van der Waals surface area contributed by atoms with Crippen LogP contribution in [0.15, 0.2) is 0 Å². The molecule has 1 aliphatic heterocycles. The van der Waals surface area contributed by atoms with E-state index in [1.807, 2.05) is 4.90 Å². The third kappa shape index (κ3) is 3.02. The van der Waals surface area contributed by atoms with Crippen molar-refractivity contribution in [2.24, 2.45) is 23.3 Å². The molecule has 0 aromatic carbocycles. The molecule has 4 N–H and O–H groups in total. The van der Waals surface area contributed by atoms with E-state index in [-0.39, 0.29) is 29.7 Å². The molecule has 2 fully saturated rings. The van der Waals surface area contributed by atoms with E-state index >= 15 is 0 Å². The zero-order valence-corrected chi connectivity index (χ0v) is 10.8. The maximum atomic E-state index is 12.4. The highest BCUT2D eigenvalue weighted by molar-refractivity contribution is 5.80. The van der Waals surface area contributed by atoms with Gasteiger partial charge in [-0.15, -0.1) is 0 Å². The lowest BCUT2D eigenvalue weighted by molar-refractivity contribution is -0.138. The summed E-state index contributed by atoms with van der Waals surface area (Å²) in [5.41, 5.74) is 11.2. The number of carbonyl (C=O) groups is 2. The minimum absolute atomic E-state index is 0.00247. The number of likely N-dealkylation sites (tertiary alicyclic amines) is 1. The van der Waals surface area contributed by atoms with E-state index in [4.69, 9.17) is 11.5 Å². The Morgan fingerprint density at radius 2 is 1.94 bits per heavy atom. The lowest BCUT2D eigenvalue weighted by atomic mass is 9.92. The monoisotopic (exact) mass is 253 g/mol. The first-order chi connectivity index (χ1) is 8.58. The molecular weight excluding hydrogens is 230 g/mol. The fraction of sp³-hybridized carbons (Fsp3) is 0.846. The Kier molecular flexibility index (Phi) is 4.22. The second-order valence-electron chi connectivity index (χ2n) is 5.66. The van der Waals surface area contributed by atoms with E-state index in [0.717, 1.165) is 38.6 Å². The number of nitrogens with two attached hydrogens (primary N) is 2. The number of nitrogens with zero attached hydrogens (tertiary/aromatic N) is 1. The number of amides is 2. The standard InChI is InChI=1S/C13H23N3O2/c14-11-5-1-4-10(11)13(18)16-6-2-3-9(8-16)7-12(15)17/h9-11H,1-8,14H2,(H2,15,17)/t9-,10-,11+/m0/s1. The largest absolute Gasteiger partial charge is 0.370 e. The molecule has 0 spiro atoms. The van der Waals surface area contributed by atoms with E-state index in [9.17, 15) is 9.59 Å². The first-order valence-corrected chi connectivity index (χ1v) is 6.90. The van der Waals surface area contributed by atoms with Crippen molar-refractivity contribution in [3.8, 4) is 0 Å². The summed E-state index contributed by atoms with van der Waals surface area (Å²) < 4.78 is 0. The summed E-state index contributed by atoms with van der Waals surface area (Å²) >= 11 is 0. The maximum absolute atomic E-state index is 12.4. The Morgan fingerprint density at radius 3 is 2.56 bits per heavy atom. The van der Waals surface area contributed by atoms with Gasteiger partial charge in [0, 0.05) is 25.6 Å². The van der Waals surface area contributed by atoms with Gasteiger partial charge in [0.2, 0.25) is 11.8 Å². The number of hydrogen-bond donors (Lipinski definition) is 2. The van der Waals surface area contributed by atoms with Crippen LogP contribution in [-0.4, -0.2) is 35.8 Å². The second-order valence-corrected chi connectivity index (χ2v) is 5.66. The first-order valence-electron chi connectivity index (χ1n) is 6.90. The minimum Gasteiger partial charge on any atom is -0.370 e. The van der Waals surface area contributed by atoms with E-state index < -0.39 is 0 Å². The molecule has 0 aromatic rings. The summed E-state index contributed by atoms with van der Waals surface area (Å²) in [5.74, 6) is 0.149. The molecule has 0 unspecified atom stereocenters. The molecule has 1 saturated heterocycles. The molecular formula is C13H23N3O2. The SMILES string of the molecule is NC(=O)C[C@@H]1CCCN(C(=O)[C@H]2CCC[C@H]2N)C1. The van der Waals surface area contributed by atoms with E-state index in [1.165, 1.54) is 0 Å². The fourth-order valence-corrected chi connectivity index (χ4v) is 3.25. The summed E-state index contributed by atoms with van der Waals surface area (Å²) in [6.45, 7) is 1.47. The second kappa shape index (κ2) is 5.69. The van der Waals surface area contributed by atoms with Crippen molar-refractivity contribution >= 4 is 11.8 Å². The highest BCUT2D eigenvalue weighted by atomic mass is 16.2. The Bertz CT molecular complexity index is 332. The van der Waals surface area contributed by atoms with Crippen LogP contribution < -0.4 is 11.5 Å². The Morgan fingerprint density at radius 1 is 1.17 bits per heavy atom. The van der Waals surface area contributed by atoms with Gasteiger partial charge in [0.25, 0.3) is 0 Å². The quantitative estimate of drug-likeness (QED) is 0.754. The van der Waals surface area contributed by atoms with Crippen molar-refractivity contribution in [1.82, 2.24) is 4.90 Å². The third-order valence-electron chi connectivity index (χ3n) is 4.21. The van der Waals surface area contributed by atoms with Crippen LogP contribution in [0, 0.1) is 11.8 Å². The van der Waals surface area contributed by atoms with E-state index in [2.05, 4.69) is 0 Å². The summed E-state index contributed by atoms with van der Waals surface area (Å²) in [4.78, 5) is 25.2. The molecule has 0 radical (unpaired) electrons. The summed E-state index contributed by atoms with van der Waals surface area (Å²) in [5, 5.41) is 0. The van der Waals surface area contributed by atoms with Gasteiger partial charge >= 0.3 is 0 Å². The molecule has 1 heterocycles. The van der Waals surface area contributed by atoms with Gasteiger partial charge in [-0.25, -0.2) is 0 Å². The van der Waals surface area contributed by atoms with E-state index in [0.29, 0.717) is 13.0 Å². The van der Waals surface area contributed by atoms with Crippen molar-refractivity contribution < 1.29 is 9.59 Å². The molecule has 5 nitrogen and oxygen atoms in total. The third-order valence-corrected chi connectivity index (χ3v) is 4.21. The van der Waals surface area contributed by atoms with Crippen LogP contribution in [0.1, 0.15) is 38.5 Å². The fourth-order valence-electron chi connectivity index (χ4n) is 3.25. The van der Waals surface area contributed by atoms with Gasteiger partial charge in [-0.2, -0.15) is 0 Å². The van der Waals surface area contributed by atoms with Gasteiger partial charge in [0.15, 0.2) is 0 Å². The van der Waals surface area contributed by atoms with Gasteiger partial charge in [0.05, 0.1) is 5.92 Å². The number of hydrogen-bond acceptors (Lipinski definition) is 3. The van der Waals surface area contributed by atoms with Crippen molar-refractivity contribution in [3.63, 3.8) is 0 Å². The van der Waals surface area contributed by atoms with Crippen molar-refractivity contribution in [1.29, 1.82) is 0 Å².